The number of ether oxygens (including phenoxy) is 1. The number of nitrogens with zero attached hydrogens (tertiary/aromatic N) is 4. The number of hydrogen-bond acceptors (Lipinski definition) is 5. The summed E-state index contributed by atoms with van der Waals surface area (Å²) in [5, 5.41) is 24.7. The Morgan fingerprint density at radius 3 is 2.58 bits per heavy atom. The summed E-state index contributed by atoms with van der Waals surface area (Å²) in [6, 6.07) is 23.5. The van der Waals surface area contributed by atoms with Crippen molar-refractivity contribution in [3.8, 4) is 17.1 Å². The van der Waals surface area contributed by atoms with Gasteiger partial charge in [0.2, 0.25) is 5.82 Å². The van der Waals surface area contributed by atoms with Crippen LogP contribution in [0.4, 0.5) is 0 Å². The Kier molecular flexibility index (Phi) is 4.57. The summed E-state index contributed by atoms with van der Waals surface area (Å²) >= 11 is 0. The third-order valence-electron chi connectivity index (χ3n) is 4.04. The van der Waals surface area contributed by atoms with E-state index in [4.69, 9.17) is 4.74 Å². The van der Waals surface area contributed by atoms with Gasteiger partial charge in [-0.05, 0) is 16.7 Å². The Hall–Kier alpha value is -3.25. The fourth-order valence-electron chi connectivity index (χ4n) is 2.77. The molecule has 0 amide bonds. The number of aliphatic hydroxyl groups is 1. The molecule has 26 heavy (non-hydrogen) atoms. The maximum Gasteiger partial charge on any atom is 0.204 e. The van der Waals surface area contributed by atoms with Crippen LogP contribution in [0.15, 0.2) is 72.8 Å². The van der Waals surface area contributed by atoms with E-state index in [1.54, 1.807) is 0 Å². The Labute approximate surface area is 150 Å². The van der Waals surface area contributed by atoms with Crippen LogP contribution in [0.3, 0.4) is 0 Å². The van der Waals surface area contributed by atoms with E-state index in [2.05, 4.69) is 15.4 Å². The molecule has 3 aromatic carbocycles. The molecule has 0 bridgehead atoms. The van der Waals surface area contributed by atoms with Crippen molar-refractivity contribution in [3.63, 3.8) is 0 Å². The van der Waals surface area contributed by atoms with Crippen LogP contribution in [0.5, 0.6) is 5.75 Å². The maximum absolute atomic E-state index is 10.3. The van der Waals surface area contributed by atoms with Crippen molar-refractivity contribution in [1.82, 2.24) is 20.2 Å². The van der Waals surface area contributed by atoms with Crippen LogP contribution in [0.25, 0.3) is 22.2 Å². The minimum atomic E-state index is -0.744. The third kappa shape index (κ3) is 3.55. The number of aromatic nitrogens is 4. The van der Waals surface area contributed by atoms with Gasteiger partial charge in [0.1, 0.15) is 18.5 Å². The third-order valence-corrected chi connectivity index (χ3v) is 4.04. The second kappa shape index (κ2) is 7.33. The van der Waals surface area contributed by atoms with Crippen molar-refractivity contribution in [2.45, 2.75) is 12.6 Å². The summed E-state index contributed by atoms with van der Waals surface area (Å²) < 4.78 is 5.81. The van der Waals surface area contributed by atoms with Crippen molar-refractivity contribution in [2.24, 2.45) is 0 Å². The Bertz CT molecular complexity index is 996. The van der Waals surface area contributed by atoms with E-state index >= 15 is 0 Å². The van der Waals surface area contributed by atoms with Gasteiger partial charge in [0.25, 0.3) is 0 Å². The van der Waals surface area contributed by atoms with Gasteiger partial charge in [-0.15, -0.1) is 10.2 Å². The van der Waals surface area contributed by atoms with Gasteiger partial charge in [0.15, 0.2) is 0 Å². The van der Waals surface area contributed by atoms with Crippen LogP contribution < -0.4 is 4.74 Å². The molecule has 0 unspecified atom stereocenters. The summed E-state index contributed by atoms with van der Waals surface area (Å²) in [6.07, 6.45) is -0.744. The average Bonchev–Trinajstić information content (AvgIpc) is 3.15. The quantitative estimate of drug-likeness (QED) is 0.581. The van der Waals surface area contributed by atoms with E-state index in [9.17, 15) is 5.11 Å². The molecule has 4 rings (SSSR count). The second-order valence-corrected chi connectivity index (χ2v) is 5.98. The highest BCUT2D eigenvalue weighted by molar-refractivity contribution is 5.88. The molecule has 0 fully saturated rings. The highest BCUT2D eigenvalue weighted by Crippen LogP contribution is 2.25. The van der Waals surface area contributed by atoms with Gasteiger partial charge in [0, 0.05) is 10.9 Å². The fraction of sp³-hybridized carbons (Fsp3) is 0.150. The van der Waals surface area contributed by atoms with Crippen molar-refractivity contribution < 1.29 is 9.84 Å². The van der Waals surface area contributed by atoms with Crippen molar-refractivity contribution >= 4 is 10.8 Å². The molecule has 6 nitrogen and oxygen atoms in total. The van der Waals surface area contributed by atoms with Gasteiger partial charge >= 0.3 is 0 Å². The first-order chi connectivity index (χ1) is 12.8. The number of benzene rings is 3. The molecule has 0 radical (unpaired) electrons. The van der Waals surface area contributed by atoms with E-state index in [0.717, 1.165) is 22.1 Å². The lowest BCUT2D eigenvalue weighted by Gasteiger charge is -2.13. The molecule has 6 heteroatoms. The molecule has 130 valence electrons. The van der Waals surface area contributed by atoms with Crippen LogP contribution in [-0.2, 0) is 6.54 Å². The zero-order chi connectivity index (χ0) is 17.8. The van der Waals surface area contributed by atoms with Crippen LogP contribution in [0.2, 0.25) is 0 Å². The highest BCUT2D eigenvalue weighted by atomic mass is 16.5. The predicted octanol–water partition coefficient (Wildman–Crippen LogP) is 2.93. The number of fused-ring (bicyclic) bond motifs is 1. The van der Waals surface area contributed by atoms with E-state index in [1.165, 1.54) is 4.80 Å². The molecule has 1 atom stereocenters. The lowest BCUT2D eigenvalue weighted by molar-refractivity contribution is 0.0857. The molecule has 0 aliphatic carbocycles. The van der Waals surface area contributed by atoms with E-state index < -0.39 is 6.10 Å². The number of aliphatic hydroxyl groups excluding tert-OH is 1. The topological polar surface area (TPSA) is 73.1 Å². The molecule has 4 aromatic rings. The molecule has 0 aliphatic rings. The highest BCUT2D eigenvalue weighted by Gasteiger charge is 2.12. The van der Waals surface area contributed by atoms with Gasteiger partial charge < -0.3 is 9.84 Å². The molecular formula is C20H18N4O2. The van der Waals surface area contributed by atoms with Gasteiger partial charge in [-0.2, -0.15) is 4.80 Å². The summed E-state index contributed by atoms with van der Waals surface area (Å²) in [5.74, 6) is 1.28. The second-order valence-electron chi connectivity index (χ2n) is 5.98. The summed E-state index contributed by atoms with van der Waals surface area (Å²) in [5.41, 5.74) is 0.889. The standard InChI is InChI=1S/C20H18N4O2/c25-17(13-24-22-20(21-23-24)16-8-2-1-3-9-16)14-26-19-12-6-10-15-7-4-5-11-18(15)19/h1-12,17,25H,13-14H2/t17-/m1/s1. The van der Waals surface area contributed by atoms with Gasteiger partial charge in [-0.25, -0.2) is 0 Å². The first-order valence-electron chi connectivity index (χ1n) is 8.41. The predicted molar refractivity (Wildman–Crippen MR) is 98.7 cm³/mol. The molecule has 1 aromatic heterocycles. The lowest BCUT2D eigenvalue weighted by atomic mass is 10.1. The van der Waals surface area contributed by atoms with Gasteiger partial charge in [0.05, 0.1) is 6.54 Å². The smallest absolute Gasteiger partial charge is 0.204 e. The SMILES string of the molecule is O[C@@H](COc1cccc2ccccc12)Cn1nnc(-c2ccccc2)n1. The van der Waals surface area contributed by atoms with Gasteiger partial charge in [-0.3, -0.25) is 0 Å². The molecule has 0 spiro atoms. The van der Waals surface area contributed by atoms with E-state index in [-0.39, 0.29) is 13.2 Å². The first-order valence-corrected chi connectivity index (χ1v) is 8.41. The Balaban J connectivity index is 1.40. The Morgan fingerprint density at radius 2 is 1.69 bits per heavy atom. The van der Waals surface area contributed by atoms with E-state index in [1.807, 2.05) is 72.8 Å². The van der Waals surface area contributed by atoms with E-state index in [0.29, 0.717) is 5.82 Å². The molecule has 1 N–H and O–H groups in total. The van der Waals surface area contributed by atoms with Crippen LogP contribution in [0, 0.1) is 0 Å². The Morgan fingerprint density at radius 1 is 0.923 bits per heavy atom. The summed E-state index contributed by atoms with van der Waals surface area (Å²) in [7, 11) is 0. The maximum atomic E-state index is 10.3. The van der Waals surface area contributed by atoms with Crippen molar-refractivity contribution in [2.75, 3.05) is 6.61 Å². The minimum absolute atomic E-state index is 0.149. The molecule has 0 aliphatic heterocycles. The van der Waals surface area contributed by atoms with Crippen molar-refractivity contribution in [1.29, 1.82) is 0 Å². The number of hydrogen-bond donors (Lipinski definition) is 1. The molecule has 1 heterocycles. The minimum Gasteiger partial charge on any atom is -0.490 e. The van der Waals surface area contributed by atoms with Crippen LogP contribution in [-0.4, -0.2) is 38.0 Å². The summed E-state index contributed by atoms with van der Waals surface area (Å²) in [6.45, 7) is 0.362. The normalized spacial score (nSPS) is 12.2. The van der Waals surface area contributed by atoms with Crippen molar-refractivity contribution in [3.05, 3.63) is 72.8 Å². The largest absolute Gasteiger partial charge is 0.490 e. The fourth-order valence-corrected chi connectivity index (χ4v) is 2.77. The van der Waals surface area contributed by atoms with Gasteiger partial charge in [-0.1, -0.05) is 66.7 Å². The van der Waals surface area contributed by atoms with Crippen LogP contribution in [0.1, 0.15) is 0 Å². The molecule has 0 saturated carbocycles. The number of tetrazole rings is 1. The first kappa shape index (κ1) is 16.2. The molecular weight excluding hydrogens is 328 g/mol. The monoisotopic (exact) mass is 346 g/mol. The number of rotatable bonds is 6. The summed E-state index contributed by atoms with van der Waals surface area (Å²) in [4.78, 5) is 1.39. The lowest BCUT2D eigenvalue weighted by Crippen LogP contribution is -2.25. The zero-order valence-electron chi connectivity index (χ0n) is 14.1. The van der Waals surface area contributed by atoms with Crippen LogP contribution >= 0.6 is 0 Å². The molecule has 0 saturated heterocycles. The average molecular weight is 346 g/mol. The zero-order valence-corrected chi connectivity index (χ0v) is 14.1.